The molecule has 0 spiro atoms. The number of nitrogens with two attached hydrogens (primary N) is 1. The summed E-state index contributed by atoms with van der Waals surface area (Å²) >= 11 is 1.79. The quantitative estimate of drug-likeness (QED) is 0.589. The highest BCUT2D eigenvalue weighted by Crippen LogP contribution is 2.34. The lowest BCUT2D eigenvalue weighted by Gasteiger charge is -2.16. The Balaban J connectivity index is 2.15. The Bertz CT molecular complexity index is 467. The number of aromatic nitrogens is 1. The van der Waals surface area contributed by atoms with Gasteiger partial charge in [0.15, 0.2) is 0 Å². The van der Waals surface area contributed by atoms with Gasteiger partial charge in [-0.2, -0.15) is 24.9 Å². The van der Waals surface area contributed by atoms with Crippen molar-refractivity contribution in [1.82, 2.24) is 4.98 Å². The molecule has 1 aliphatic carbocycles. The van der Waals surface area contributed by atoms with Gasteiger partial charge in [-0.25, -0.2) is 10.8 Å². The van der Waals surface area contributed by atoms with Crippen LogP contribution < -0.4 is 16.6 Å². The number of anilines is 2. The summed E-state index contributed by atoms with van der Waals surface area (Å²) < 4.78 is 38.4. The summed E-state index contributed by atoms with van der Waals surface area (Å²) in [5, 5.41) is 3.63. The minimum atomic E-state index is -4.41. The van der Waals surface area contributed by atoms with Crippen LogP contribution in [0.1, 0.15) is 24.8 Å². The van der Waals surface area contributed by atoms with E-state index in [0.29, 0.717) is 5.25 Å². The molecule has 2 atom stereocenters. The molecule has 1 aliphatic rings. The molecule has 20 heavy (non-hydrogen) atoms. The average molecular weight is 306 g/mol. The summed E-state index contributed by atoms with van der Waals surface area (Å²) in [7, 11) is 0. The molecule has 0 bridgehead atoms. The van der Waals surface area contributed by atoms with Crippen LogP contribution >= 0.6 is 11.8 Å². The maximum atomic E-state index is 12.8. The lowest BCUT2D eigenvalue weighted by atomic mass is 10.2. The van der Waals surface area contributed by atoms with E-state index in [4.69, 9.17) is 5.84 Å². The molecule has 0 amide bonds. The molecular weight excluding hydrogens is 289 g/mol. The van der Waals surface area contributed by atoms with E-state index in [2.05, 4.69) is 15.7 Å². The third-order valence-electron chi connectivity index (χ3n) is 3.37. The van der Waals surface area contributed by atoms with Gasteiger partial charge in [0.05, 0.1) is 5.56 Å². The molecular formula is C12H17F3N4S. The second-order valence-corrected chi connectivity index (χ2v) is 5.92. The fourth-order valence-electron chi connectivity index (χ4n) is 2.34. The van der Waals surface area contributed by atoms with Crippen molar-refractivity contribution >= 4 is 23.4 Å². The van der Waals surface area contributed by atoms with Gasteiger partial charge in [0.25, 0.3) is 0 Å². The first-order chi connectivity index (χ1) is 9.42. The van der Waals surface area contributed by atoms with Gasteiger partial charge in [0.1, 0.15) is 11.6 Å². The molecule has 4 N–H and O–H groups in total. The number of nitrogens with one attached hydrogen (secondary N) is 2. The van der Waals surface area contributed by atoms with Crippen molar-refractivity contribution in [2.75, 3.05) is 17.0 Å². The van der Waals surface area contributed by atoms with Gasteiger partial charge < -0.3 is 10.7 Å². The Labute approximate surface area is 119 Å². The normalized spacial score (nSPS) is 22.9. The second-order valence-electron chi connectivity index (χ2n) is 4.78. The number of pyridine rings is 1. The van der Waals surface area contributed by atoms with Gasteiger partial charge in [-0.3, -0.25) is 0 Å². The SMILES string of the molecule is CSC1CCC(Nc2cc(C(F)(F)F)cc(NN)n2)C1. The number of nitrogens with zero attached hydrogens (tertiary/aromatic N) is 1. The van der Waals surface area contributed by atoms with E-state index in [1.165, 1.54) is 0 Å². The molecule has 112 valence electrons. The molecule has 0 radical (unpaired) electrons. The summed E-state index contributed by atoms with van der Waals surface area (Å²) in [6.45, 7) is 0. The van der Waals surface area contributed by atoms with Crippen molar-refractivity contribution in [2.45, 2.75) is 36.7 Å². The van der Waals surface area contributed by atoms with Crippen LogP contribution in [-0.2, 0) is 6.18 Å². The van der Waals surface area contributed by atoms with E-state index in [0.717, 1.165) is 31.4 Å². The Morgan fingerprint density at radius 3 is 2.55 bits per heavy atom. The standard InChI is InChI=1S/C12H17F3N4S/c1-20-9-3-2-8(6-9)17-10-4-7(12(13,14)15)5-11(18-10)19-16/h4-5,8-9H,2-3,6,16H2,1H3,(H2,17,18,19). The van der Waals surface area contributed by atoms with Crippen molar-refractivity contribution in [3.8, 4) is 0 Å². The van der Waals surface area contributed by atoms with Crippen molar-refractivity contribution in [1.29, 1.82) is 0 Å². The first kappa shape index (κ1) is 15.2. The van der Waals surface area contributed by atoms with E-state index in [1.807, 2.05) is 6.26 Å². The van der Waals surface area contributed by atoms with E-state index >= 15 is 0 Å². The summed E-state index contributed by atoms with van der Waals surface area (Å²) in [4.78, 5) is 4.03. The van der Waals surface area contributed by atoms with E-state index in [-0.39, 0.29) is 17.7 Å². The smallest absolute Gasteiger partial charge is 0.367 e. The molecule has 0 aromatic carbocycles. The highest BCUT2D eigenvalue weighted by molar-refractivity contribution is 7.99. The molecule has 4 nitrogen and oxygen atoms in total. The second kappa shape index (κ2) is 6.09. The molecule has 2 rings (SSSR count). The van der Waals surface area contributed by atoms with Gasteiger partial charge in [-0.15, -0.1) is 0 Å². The predicted molar refractivity (Wildman–Crippen MR) is 75.6 cm³/mol. The van der Waals surface area contributed by atoms with Crippen LogP contribution in [0.25, 0.3) is 0 Å². The van der Waals surface area contributed by atoms with Gasteiger partial charge in [0.2, 0.25) is 0 Å². The maximum Gasteiger partial charge on any atom is 0.416 e. The third kappa shape index (κ3) is 3.69. The molecule has 1 fully saturated rings. The van der Waals surface area contributed by atoms with Gasteiger partial charge >= 0.3 is 6.18 Å². The molecule has 1 heterocycles. The van der Waals surface area contributed by atoms with Crippen LogP contribution in [0.2, 0.25) is 0 Å². The highest BCUT2D eigenvalue weighted by Gasteiger charge is 2.32. The van der Waals surface area contributed by atoms with Crippen molar-refractivity contribution in [3.05, 3.63) is 17.7 Å². The number of nitrogen functional groups attached to an aromatic ring is 1. The average Bonchev–Trinajstić information content (AvgIpc) is 2.85. The first-order valence-corrected chi connectivity index (χ1v) is 7.56. The summed E-state index contributed by atoms with van der Waals surface area (Å²) in [6.07, 6.45) is 0.577. The molecule has 2 unspecified atom stereocenters. The Morgan fingerprint density at radius 2 is 2.00 bits per heavy atom. The largest absolute Gasteiger partial charge is 0.416 e. The number of alkyl halides is 3. The first-order valence-electron chi connectivity index (χ1n) is 6.27. The predicted octanol–water partition coefficient (Wildman–Crippen LogP) is 3.08. The third-order valence-corrected chi connectivity index (χ3v) is 4.47. The summed E-state index contributed by atoms with van der Waals surface area (Å²) in [6, 6.07) is 2.08. The number of hydrazine groups is 1. The molecule has 1 aromatic rings. The lowest BCUT2D eigenvalue weighted by Crippen LogP contribution is -2.19. The van der Waals surface area contributed by atoms with Crippen LogP contribution in [0.15, 0.2) is 12.1 Å². The van der Waals surface area contributed by atoms with Crippen molar-refractivity contribution < 1.29 is 13.2 Å². The minimum Gasteiger partial charge on any atom is -0.367 e. The van der Waals surface area contributed by atoms with E-state index in [9.17, 15) is 13.2 Å². The molecule has 8 heteroatoms. The fourth-order valence-corrected chi connectivity index (χ4v) is 3.13. The highest BCUT2D eigenvalue weighted by atomic mass is 32.2. The van der Waals surface area contributed by atoms with Crippen LogP contribution in [-0.4, -0.2) is 22.5 Å². The monoisotopic (exact) mass is 306 g/mol. The van der Waals surface area contributed by atoms with Gasteiger partial charge in [-0.1, -0.05) is 0 Å². The van der Waals surface area contributed by atoms with Crippen LogP contribution in [0.3, 0.4) is 0 Å². The zero-order chi connectivity index (χ0) is 14.8. The van der Waals surface area contributed by atoms with Gasteiger partial charge in [0, 0.05) is 11.3 Å². The summed E-state index contributed by atoms with van der Waals surface area (Å²) in [5.41, 5.74) is 1.41. The minimum absolute atomic E-state index is 0.00161. The van der Waals surface area contributed by atoms with E-state index in [1.54, 1.807) is 11.8 Å². The topological polar surface area (TPSA) is 63.0 Å². The van der Waals surface area contributed by atoms with Crippen LogP contribution in [0, 0.1) is 0 Å². The maximum absolute atomic E-state index is 12.8. The van der Waals surface area contributed by atoms with Crippen molar-refractivity contribution in [2.24, 2.45) is 5.84 Å². The zero-order valence-electron chi connectivity index (χ0n) is 11.0. The zero-order valence-corrected chi connectivity index (χ0v) is 11.8. The molecule has 0 saturated heterocycles. The number of thioether (sulfide) groups is 1. The van der Waals surface area contributed by atoms with Crippen LogP contribution in [0.5, 0.6) is 0 Å². The van der Waals surface area contributed by atoms with E-state index < -0.39 is 11.7 Å². The number of hydrogen-bond donors (Lipinski definition) is 3. The number of hydrogen-bond acceptors (Lipinski definition) is 5. The lowest BCUT2D eigenvalue weighted by molar-refractivity contribution is -0.137. The molecule has 1 saturated carbocycles. The number of halogens is 3. The fraction of sp³-hybridized carbons (Fsp3) is 0.583. The van der Waals surface area contributed by atoms with Crippen LogP contribution in [0.4, 0.5) is 24.8 Å². The summed E-state index contributed by atoms with van der Waals surface area (Å²) in [5.74, 6) is 5.38. The Morgan fingerprint density at radius 1 is 1.30 bits per heavy atom. The Hall–Kier alpha value is -1.15. The van der Waals surface area contributed by atoms with Crippen molar-refractivity contribution in [3.63, 3.8) is 0 Å². The number of rotatable bonds is 4. The Kier molecular flexibility index (Phi) is 4.64. The molecule has 0 aliphatic heterocycles. The molecule has 1 aromatic heterocycles. The van der Waals surface area contributed by atoms with Gasteiger partial charge in [-0.05, 0) is 37.7 Å².